The average Bonchev–Trinajstić information content (AvgIpc) is 3.44. The predicted octanol–water partition coefficient (Wildman–Crippen LogP) is 3.43. The molecule has 1 aromatic heterocycles. The van der Waals surface area contributed by atoms with Crippen molar-refractivity contribution < 1.29 is 14.9 Å². The smallest absolute Gasteiger partial charge is 0.153 e. The molecule has 2 heterocycles. The van der Waals surface area contributed by atoms with E-state index in [0.29, 0.717) is 24.5 Å². The number of aromatic nitrogens is 2. The largest absolute Gasteiger partial charge is 0.507 e. The summed E-state index contributed by atoms with van der Waals surface area (Å²) in [6.07, 6.45) is 5.78. The van der Waals surface area contributed by atoms with E-state index in [9.17, 15) is 10.2 Å². The topological polar surface area (TPSA) is 87.5 Å². The summed E-state index contributed by atoms with van der Waals surface area (Å²) < 4.78 is 5.94. The summed E-state index contributed by atoms with van der Waals surface area (Å²) in [4.78, 5) is 0. The van der Waals surface area contributed by atoms with E-state index >= 15 is 0 Å². The molecular weight excluding hydrogens is 354 g/mol. The number of hydrogen-bond donors (Lipinski definition) is 3. The molecule has 2 aromatic rings. The highest BCUT2D eigenvalue weighted by atomic mass is 16.5. The molecule has 1 aromatic carbocycles. The van der Waals surface area contributed by atoms with E-state index in [4.69, 9.17) is 4.74 Å². The highest BCUT2D eigenvalue weighted by Gasteiger charge is 2.51. The molecule has 3 N–H and O–H groups in total. The highest BCUT2D eigenvalue weighted by molar-refractivity contribution is 5.74. The standard InChI is InChI=1S/C22H27N3O3/c1-13-6-7-14(18(27)10-13)20-15-11-28-12-22(8-9-22)19(15)21(25-24-20)23-16-4-2-3-5-17(16)26/h6-7,10,16-17,26-27H,2-5,8-9,11-12H2,1H3,(H,23,25)/t16-,17-/m1/s1. The van der Waals surface area contributed by atoms with Gasteiger partial charge in [0.15, 0.2) is 5.82 Å². The molecule has 0 radical (unpaired) electrons. The van der Waals surface area contributed by atoms with Crippen LogP contribution in [-0.4, -0.2) is 39.2 Å². The molecule has 0 bridgehead atoms. The number of nitrogens with one attached hydrogen (secondary N) is 1. The number of aliphatic hydroxyl groups excluding tert-OH is 1. The summed E-state index contributed by atoms with van der Waals surface area (Å²) in [5.74, 6) is 1.01. The van der Waals surface area contributed by atoms with Crippen LogP contribution in [-0.2, 0) is 16.8 Å². The zero-order valence-electron chi connectivity index (χ0n) is 16.2. The summed E-state index contributed by atoms with van der Waals surface area (Å²) in [5, 5.41) is 33.5. The van der Waals surface area contributed by atoms with Crippen molar-refractivity contribution in [3.8, 4) is 17.0 Å². The Hall–Kier alpha value is -2.18. The first-order valence-corrected chi connectivity index (χ1v) is 10.3. The molecule has 3 aliphatic rings. The third kappa shape index (κ3) is 2.95. The van der Waals surface area contributed by atoms with Gasteiger partial charge in [0.25, 0.3) is 0 Å². The van der Waals surface area contributed by atoms with Gasteiger partial charge in [-0.1, -0.05) is 18.9 Å². The molecule has 5 rings (SSSR count). The van der Waals surface area contributed by atoms with Crippen LogP contribution in [0.1, 0.15) is 55.2 Å². The molecule has 0 amide bonds. The van der Waals surface area contributed by atoms with Crippen molar-refractivity contribution in [3.63, 3.8) is 0 Å². The second-order valence-corrected chi connectivity index (χ2v) is 8.65. The summed E-state index contributed by atoms with van der Waals surface area (Å²) in [5.41, 5.74) is 4.60. The van der Waals surface area contributed by atoms with Gasteiger partial charge in [-0.25, -0.2) is 0 Å². The lowest BCUT2D eigenvalue weighted by molar-refractivity contribution is 0.0836. The predicted molar refractivity (Wildman–Crippen MR) is 106 cm³/mol. The van der Waals surface area contributed by atoms with Crippen LogP contribution < -0.4 is 5.32 Å². The molecule has 6 heteroatoms. The molecule has 2 atom stereocenters. The summed E-state index contributed by atoms with van der Waals surface area (Å²) >= 11 is 0. The maximum absolute atomic E-state index is 10.5. The van der Waals surface area contributed by atoms with E-state index < -0.39 is 0 Å². The molecule has 6 nitrogen and oxygen atoms in total. The Bertz CT molecular complexity index is 910. The fourth-order valence-corrected chi connectivity index (χ4v) is 4.76. The molecule has 0 unspecified atom stereocenters. The number of rotatable bonds is 3. The maximum atomic E-state index is 10.5. The van der Waals surface area contributed by atoms with Gasteiger partial charge in [-0.05, 0) is 50.3 Å². The zero-order valence-corrected chi connectivity index (χ0v) is 16.2. The molecule has 1 aliphatic heterocycles. The molecule has 2 aliphatic carbocycles. The van der Waals surface area contributed by atoms with Gasteiger partial charge >= 0.3 is 0 Å². The van der Waals surface area contributed by atoms with Gasteiger partial charge in [-0.2, -0.15) is 0 Å². The number of fused-ring (bicyclic) bond motifs is 2. The van der Waals surface area contributed by atoms with Crippen LogP contribution in [0.2, 0.25) is 0 Å². The van der Waals surface area contributed by atoms with E-state index in [1.54, 1.807) is 6.07 Å². The Kier molecular flexibility index (Phi) is 4.29. The monoisotopic (exact) mass is 381 g/mol. The first-order chi connectivity index (χ1) is 13.6. The number of aryl methyl sites for hydroxylation is 1. The second kappa shape index (κ2) is 6.71. The fraction of sp³-hybridized carbons (Fsp3) is 0.545. The van der Waals surface area contributed by atoms with Crippen molar-refractivity contribution in [3.05, 3.63) is 34.9 Å². The minimum Gasteiger partial charge on any atom is -0.507 e. The fourth-order valence-electron chi connectivity index (χ4n) is 4.76. The van der Waals surface area contributed by atoms with Gasteiger partial charge in [0.05, 0.1) is 25.4 Å². The maximum Gasteiger partial charge on any atom is 0.153 e. The Morgan fingerprint density at radius 3 is 2.75 bits per heavy atom. The number of ether oxygens (including phenoxy) is 1. The van der Waals surface area contributed by atoms with Crippen LogP contribution in [0.15, 0.2) is 18.2 Å². The van der Waals surface area contributed by atoms with Gasteiger partial charge in [-0.3, -0.25) is 0 Å². The summed E-state index contributed by atoms with van der Waals surface area (Å²) in [6.45, 7) is 3.12. The van der Waals surface area contributed by atoms with Crippen LogP contribution in [0.25, 0.3) is 11.3 Å². The molecule has 0 saturated heterocycles. The molecule has 2 fully saturated rings. The van der Waals surface area contributed by atoms with Gasteiger partial charge in [0, 0.05) is 22.1 Å². The lowest BCUT2D eigenvalue weighted by Gasteiger charge is -2.33. The van der Waals surface area contributed by atoms with E-state index in [1.807, 2.05) is 19.1 Å². The van der Waals surface area contributed by atoms with E-state index in [1.165, 1.54) is 5.56 Å². The van der Waals surface area contributed by atoms with E-state index in [2.05, 4.69) is 15.5 Å². The average molecular weight is 381 g/mol. The number of aromatic hydroxyl groups is 1. The number of hydrogen-bond acceptors (Lipinski definition) is 6. The van der Waals surface area contributed by atoms with Crippen molar-refractivity contribution >= 4 is 5.82 Å². The lowest BCUT2D eigenvalue weighted by atomic mass is 9.87. The van der Waals surface area contributed by atoms with E-state index in [-0.39, 0.29) is 23.3 Å². The van der Waals surface area contributed by atoms with Crippen molar-refractivity contribution in [2.24, 2.45) is 0 Å². The van der Waals surface area contributed by atoms with Crippen molar-refractivity contribution in [1.82, 2.24) is 10.2 Å². The van der Waals surface area contributed by atoms with Crippen LogP contribution >= 0.6 is 0 Å². The summed E-state index contributed by atoms with van der Waals surface area (Å²) in [7, 11) is 0. The van der Waals surface area contributed by atoms with Gasteiger partial charge < -0.3 is 20.3 Å². The number of anilines is 1. The van der Waals surface area contributed by atoms with Crippen LogP contribution in [0.3, 0.4) is 0 Å². The van der Waals surface area contributed by atoms with Crippen molar-refractivity contribution in [2.45, 2.75) is 69.6 Å². The van der Waals surface area contributed by atoms with Gasteiger partial charge in [0.1, 0.15) is 11.4 Å². The third-order valence-corrected chi connectivity index (χ3v) is 6.54. The van der Waals surface area contributed by atoms with Crippen LogP contribution in [0.4, 0.5) is 5.82 Å². The molecular formula is C22H27N3O3. The van der Waals surface area contributed by atoms with Crippen LogP contribution in [0, 0.1) is 6.92 Å². The zero-order chi connectivity index (χ0) is 19.3. The molecule has 1 spiro atoms. The van der Waals surface area contributed by atoms with Crippen molar-refractivity contribution in [2.75, 3.05) is 11.9 Å². The number of phenolic OH excluding ortho intramolecular Hbond substituents is 1. The summed E-state index contributed by atoms with van der Waals surface area (Å²) in [6, 6.07) is 5.65. The normalized spacial score (nSPS) is 25.4. The Morgan fingerprint density at radius 2 is 2.00 bits per heavy atom. The molecule has 2 saturated carbocycles. The Labute approximate surface area is 165 Å². The quantitative estimate of drug-likeness (QED) is 0.755. The SMILES string of the molecule is Cc1ccc(-c2nnc(N[C@@H]3CCCC[C@H]3O)c3c2COCC32CC2)c(O)c1. The first kappa shape index (κ1) is 17.9. The minimum absolute atomic E-state index is 0.000538. The third-order valence-electron chi connectivity index (χ3n) is 6.54. The molecule has 28 heavy (non-hydrogen) atoms. The molecule has 148 valence electrons. The number of benzene rings is 1. The van der Waals surface area contributed by atoms with Gasteiger partial charge in [0.2, 0.25) is 0 Å². The Balaban J connectivity index is 1.60. The minimum atomic E-state index is -0.345. The number of nitrogens with zero attached hydrogens (tertiary/aromatic N) is 2. The van der Waals surface area contributed by atoms with Crippen LogP contribution in [0.5, 0.6) is 5.75 Å². The highest BCUT2D eigenvalue weighted by Crippen LogP contribution is 2.55. The van der Waals surface area contributed by atoms with Gasteiger partial charge in [-0.15, -0.1) is 10.2 Å². The number of phenols is 1. The van der Waals surface area contributed by atoms with E-state index in [0.717, 1.165) is 55.5 Å². The second-order valence-electron chi connectivity index (χ2n) is 8.65. The first-order valence-electron chi connectivity index (χ1n) is 10.3. The lowest BCUT2D eigenvalue weighted by Crippen LogP contribution is -2.38. The van der Waals surface area contributed by atoms with Crippen molar-refractivity contribution in [1.29, 1.82) is 0 Å². The Morgan fingerprint density at radius 1 is 1.18 bits per heavy atom. The number of aliphatic hydroxyl groups is 1.